The maximum absolute atomic E-state index is 5.70. The third-order valence-electron chi connectivity index (χ3n) is 2.36. The van der Waals surface area contributed by atoms with E-state index in [2.05, 4.69) is 33.8 Å². The Morgan fingerprint density at radius 1 is 1.31 bits per heavy atom. The van der Waals surface area contributed by atoms with E-state index < -0.39 is 0 Å². The Bertz CT molecular complexity index is 302. The van der Waals surface area contributed by atoms with Crippen LogP contribution in [0.4, 0.5) is 0 Å². The van der Waals surface area contributed by atoms with E-state index >= 15 is 0 Å². The van der Waals surface area contributed by atoms with Crippen LogP contribution < -0.4 is 4.74 Å². The minimum Gasteiger partial charge on any atom is -0.551 e. The van der Waals surface area contributed by atoms with E-state index in [9.17, 15) is 0 Å². The molecule has 0 aliphatic heterocycles. The van der Waals surface area contributed by atoms with Gasteiger partial charge in [-0.3, -0.25) is 0 Å². The Labute approximate surface area is 93.5 Å². The average molecular weight is 452 g/mol. The molecule has 0 atom stereocenters. The van der Waals surface area contributed by atoms with Gasteiger partial charge in [0.1, 0.15) is 0 Å². The van der Waals surface area contributed by atoms with Crippen molar-refractivity contribution in [2.75, 3.05) is 6.61 Å². The number of hydrogen-bond acceptors (Lipinski definition) is 1. The average Bonchev–Trinajstić information content (AvgIpc) is 2.13. The molecule has 92 valence electrons. The van der Waals surface area contributed by atoms with Crippen molar-refractivity contribution in [3.05, 3.63) is 29.8 Å². The van der Waals surface area contributed by atoms with Gasteiger partial charge in [-0.05, 0) is 18.3 Å². The van der Waals surface area contributed by atoms with Gasteiger partial charge in [0.15, 0.2) is 0 Å². The molecule has 1 rings (SSSR count). The molecule has 0 heterocycles. The molecule has 0 radical (unpaired) electrons. The van der Waals surface area contributed by atoms with E-state index in [1.165, 1.54) is 12.0 Å². The van der Waals surface area contributed by atoms with Gasteiger partial charge >= 0.3 is 0 Å². The largest absolute Gasteiger partial charge is 0.551 e. The molecule has 2 heteroatoms. The molecule has 1 aromatic rings. The van der Waals surface area contributed by atoms with Crippen molar-refractivity contribution < 1.29 is 4.74 Å². The fourth-order valence-electron chi connectivity index (χ4n) is 1.43. The quantitative estimate of drug-likeness (QED) is 0.496. The second-order valence-corrected chi connectivity index (χ2v) is 5.20. The molecule has 1 nitrogen and oxygen atoms in total. The van der Waals surface area contributed by atoms with Gasteiger partial charge in [0.2, 0.25) is 0 Å². The topological polar surface area (TPSA) is 9.23 Å². The van der Waals surface area contributed by atoms with Crippen LogP contribution in [0.1, 0.15) is 39.2 Å². The molecule has 0 fully saturated rings. The number of rotatable bonds is 4. The van der Waals surface area contributed by atoms with Crippen LogP contribution in [-0.2, 0) is 0 Å². The molecule has 1 aromatic carbocycles. The van der Waals surface area contributed by atoms with E-state index in [-0.39, 0.29) is 0 Å². The summed E-state index contributed by atoms with van der Waals surface area (Å²) in [7, 11) is 0. The van der Waals surface area contributed by atoms with Crippen LogP contribution >= 0.6 is 0 Å². The molecule has 0 bridgehead atoms. The van der Waals surface area contributed by atoms with Crippen LogP contribution in [-0.4, -0.2) is 6.61 Å². The Hall–Kier alpha value is -1.98. The van der Waals surface area contributed by atoms with Crippen molar-refractivity contribution in [3.8, 4) is 5.75 Å². The third-order valence-corrected chi connectivity index (χ3v) is 2.36. The fraction of sp³-hybridized carbons (Fsp3) is 0.571. The predicted molar refractivity (Wildman–Crippen MR) is 64.2 cm³/mol. The van der Waals surface area contributed by atoms with Gasteiger partial charge in [-0.1, -0.05) is 27.7 Å². The molecule has 0 N–H and O–H groups in total. The fourth-order valence-corrected chi connectivity index (χ4v) is 1.43. The van der Waals surface area contributed by atoms with Crippen LogP contribution in [0, 0.1) is 18.4 Å². The van der Waals surface area contributed by atoms with E-state index in [4.69, 9.17) is 4.74 Å². The minimum atomic E-state index is 0. The Morgan fingerprint density at radius 3 is 2.56 bits per heavy atom. The van der Waals surface area contributed by atoms with Gasteiger partial charge in [-0.25, -0.2) is 0 Å². The summed E-state index contributed by atoms with van der Waals surface area (Å²) in [5, 5.41) is 0. The Kier molecular flexibility index (Phi) is 5.08. The van der Waals surface area contributed by atoms with E-state index in [1.807, 2.05) is 18.2 Å². The molecule has 0 saturated heterocycles. The third kappa shape index (κ3) is 5.04. The summed E-state index contributed by atoms with van der Waals surface area (Å²) in [4.78, 5) is 0. The van der Waals surface area contributed by atoms with Crippen LogP contribution in [0.2, 0.25) is 0 Å². The molecule has 0 aliphatic rings. The first-order valence-corrected chi connectivity index (χ1v) is 5.58. The predicted octanol–water partition coefficient (Wildman–Crippen LogP) is 4.00. The summed E-state index contributed by atoms with van der Waals surface area (Å²) in [5.41, 5.74) is 1.59. The van der Waals surface area contributed by atoms with Crippen molar-refractivity contribution in [2.45, 2.75) is 40.5 Å². The van der Waals surface area contributed by atoms with Crippen LogP contribution in [0.3, 0.4) is 0 Å². The molecule has 0 aliphatic carbocycles. The summed E-state index contributed by atoms with van der Waals surface area (Å²) in [6.45, 7) is 9.64. The maximum atomic E-state index is 5.70. The van der Waals surface area contributed by atoms with Crippen LogP contribution in [0.25, 0.3) is 0 Å². The van der Waals surface area contributed by atoms with Gasteiger partial charge < -0.3 is 4.74 Å². The van der Waals surface area contributed by atoms with Crippen LogP contribution in [0.15, 0.2) is 18.2 Å². The normalized spacial score (nSPS) is 10.8. The summed E-state index contributed by atoms with van der Waals surface area (Å²) >= 11 is 0. The molecule has 16 heavy (non-hydrogen) atoms. The first kappa shape index (κ1) is 14.0. The Morgan fingerprint density at radius 2 is 2.00 bits per heavy atom. The Balaban J connectivity index is 0.00000225. The zero-order valence-corrected chi connectivity index (χ0v) is 13.6. The first-order valence-electron chi connectivity index (χ1n) is 5.58. The van der Waals surface area contributed by atoms with Crippen molar-refractivity contribution in [3.63, 3.8) is 0 Å². The summed E-state index contributed by atoms with van der Waals surface area (Å²) in [5.74, 6) is 0.964. The van der Waals surface area contributed by atoms with Gasteiger partial charge in [-0.2, -0.15) is 18.2 Å². The number of ether oxygens (including phenoxy) is 1. The molecule has 0 spiro atoms. The van der Waals surface area contributed by atoms with Gasteiger partial charge in [-0.15, -0.1) is 11.6 Å². The van der Waals surface area contributed by atoms with Crippen molar-refractivity contribution in [1.29, 1.82) is 0 Å². The van der Waals surface area contributed by atoms with Gasteiger partial charge in [0, 0.05) is 5.75 Å². The minimum absolute atomic E-state index is 0. The SMILES string of the molecule is Cc1cc[c-]cc1OCCCC(C)(C)C.[Cm]. The second-order valence-electron chi connectivity index (χ2n) is 5.20. The zero-order chi connectivity index (χ0) is 11.3. The first-order chi connectivity index (χ1) is 6.99. The number of benzene rings is 1. The standard InChI is InChI=1S/C14H21O.Cm/c1-12-8-5-6-9-13(12)15-11-7-10-14(2,3)4;/h5,8-9H,7,10-11H2,1-4H3;/q-1;. The zero-order valence-electron chi connectivity index (χ0n) is 10.6. The summed E-state index contributed by atoms with van der Waals surface area (Å²) in [6.07, 6.45) is 2.31. The van der Waals surface area contributed by atoms with Crippen molar-refractivity contribution in [1.82, 2.24) is 0 Å². The smallest absolute Gasteiger partial charge is 0.0714 e. The summed E-state index contributed by atoms with van der Waals surface area (Å²) in [6, 6.07) is 8.88. The number of aryl methyl sites for hydroxylation is 1. The van der Waals surface area contributed by atoms with Crippen LogP contribution in [0.5, 0.6) is 5.75 Å². The van der Waals surface area contributed by atoms with E-state index in [1.54, 1.807) is 0 Å². The molecule has 0 amide bonds. The van der Waals surface area contributed by atoms with Crippen molar-refractivity contribution in [2.24, 2.45) is 5.41 Å². The number of hydrogen-bond donors (Lipinski definition) is 0. The molecule has 0 saturated carbocycles. The van der Waals surface area contributed by atoms with Gasteiger partial charge in [0.05, 0.1) is 6.61 Å². The van der Waals surface area contributed by atoms with E-state index in [0.717, 1.165) is 18.8 Å². The molecular formula is C14H21CmO-. The molecular weight excluding hydrogens is 431 g/mol. The second kappa shape index (κ2) is 5.79. The monoisotopic (exact) mass is 448 g/mol. The maximum Gasteiger partial charge on any atom is 0.0714 e. The molecule has 0 aromatic heterocycles. The van der Waals surface area contributed by atoms with Gasteiger partial charge in [0.25, 0.3) is 0 Å². The molecule has 0 unspecified atom stereocenters. The van der Waals surface area contributed by atoms with Crippen molar-refractivity contribution >= 4 is 0 Å². The van der Waals surface area contributed by atoms with E-state index in [0.29, 0.717) is 5.41 Å². The summed E-state index contributed by atoms with van der Waals surface area (Å²) < 4.78 is 5.70.